The zero-order chi connectivity index (χ0) is 29.5. The third kappa shape index (κ3) is 3.68. The van der Waals surface area contributed by atoms with Crippen LogP contribution in [-0.2, 0) is 0 Å². The Hall–Kier alpha value is -5.64. The second-order valence-corrected chi connectivity index (χ2v) is 12.8. The van der Waals surface area contributed by atoms with Gasteiger partial charge in [0, 0.05) is 37.0 Å². The molecule has 0 bridgehead atoms. The zero-order valence-electron chi connectivity index (χ0n) is 24.2. The highest BCUT2D eigenvalue weighted by Gasteiger charge is 2.17. The van der Waals surface area contributed by atoms with Crippen LogP contribution in [-0.4, -0.2) is 4.57 Å². The van der Waals surface area contributed by atoms with E-state index in [4.69, 9.17) is 4.42 Å². The topological polar surface area (TPSA) is 18.1 Å². The third-order valence-electron chi connectivity index (χ3n) is 9.21. The van der Waals surface area contributed by atoms with E-state index in [-0.39, 0.29) is 0 Å². The second kappa shape index (κ2) is 9.43. The molecule has 2 nitrogen and oxygen atoms in total. The molecule has 0 saturated heterocycles. The van der Waals surface area contributed by atoms with Gasteiger partial charge in [0.2, 0.25) is 0 Å². The largest absolute Gasteiger partial charge is 0.456 e. The molecule has 0 saturated carbocycles. The van der Waals surface area contributed by atoms with E-state index in [1.165, 1.54) is 69.9 Å². The molecule has 0 spiro atoms. The standard InChI is InChI=1S/C42H25NOS/c1-2-9-26(10-3-1)27-17-20-37-33(23-27)30-11-4-6-14-36(30)43(37)38-15-8-13-32-35-25-29(19-22-41(35)45-42(32)38)28-18-21-40-34(24-28)31-12-5-7-16-39(31)44-40/h1-25H. The number of benzene rings is 7. The fraction of sp³-hybridized carbons (Fsp3) is 0. The summed E-state index contributed by atoms with van der Waals surface area (Å²) >= 11 is 1.88. The number of para-hydroxylation sites is 2. The molecule has 3 heteroatoms. The Balaban J connectivity index is 1.17. The molecule has 0 N–H and O–H groups in total. The van der Waals surface area contributed by atoms with E-state index in [1.54, 1.807) is 0 Å². The molecule has 3 aromatic heterocycles. The van der Waals surface area contributed by atoms with E-state index in [0.717, 1.165) is 21.9 Å². The summed E-state index contributed by atoms with van der Waals surface area (Å²) in [7, 11) is 0. The summed E-state index contributed by atoms with van der Waals surface area (Å²) in [6.07, 6.45) is 0. The van der Waals surface area contributed by atoms with Gasteiger partial charge in [-0.05, 0) is 76.9 Å². The molecule has 210 valence electrons. The van der Waals surface area contributed by atoms with Crippen molar-refractivity contribution in [2.24, 2.45) is 0 Å². The number of nitrogens with zero attached hydrogens (tertiary/aromatic N) is 1. The maximum absolute atomic E-state index is 6.10. The van der Waals surface area contributed by atoms with Gasteiger partial charge in [0.25, 0.3) is 0 Å². The highest BCUT2D eigenvalue weighted by atomic mass is 32.1. The van der Waals surface area contributed by atoms with Crippen molar-refractivity contribution in [3.8, 4) is 27.9 Å². The van der Waals surface area contributed by atoms with Gasteiger partial charge in [-0.15, -0.1) is 11.3 Å². The fourth-order valence-electron chi connectivity index (χ4n) is 7.09. The van der Waals surface area contributed by atoms with E-state index < -0.39 is 0 Å². The molecule has 0 aliphatic rings. The second-order valence-electron chi connectivity index (χ2n) is 11.7. The van der Waals surface area contributed by atoms with Crippen LogP contribution in [0.1, 0.15) is 0 Å². The number of fused-ring (bicyclic) bond motifs is 9. The van der Waals surface area contributed by atoms with Crippen molar-refractivity contribution in [3.05, 3.63) is 152 Å². The van der Waals surface area contributed by atoms with Gasteiger partial charge in [-0.3, -0.25) is 0 Å². The molecular formula is C42H25NOS. The van der Waals surface area contributed by atoms with E-state index in [2.05, 4.69) is 144 Å². The normalized spacial score (nSPS) is 12.0. The molecule has 10 rings (SSSR count). The highest BCUT2D eigenvalue weighted by Crippen LogP contribution is 2.43. The average molecular weight is 592 g/mol. The minimum atomic E-state index is 0.925. The number of hydrogen-bond donors (Lipinski definition) is 0. The molecule has 0 fully saturated rings. The molecule has 0 aliphatic carbocycles. The Kier molecular flexibility index (Phi) is 5.19. The lowest BCUT2D eigenvalue weighted by atomic mass is 10.0. The molecule has 3 heterocycles. The molecular weight excluding hydrogens is 567 g/mol. The van der Waals surface area contributed by atoms with E-state index in [9.17, 15) is 0 Å². The van der Waals surface area contributed by atoms with Gasteiger partial charge in [-0.25, -0.2) is 0 Å². The number of rotatable bonds is 3. The van der Waals surface area contributed by atoms with Gasteiger partial charge < -0.3 is 8.98 Å². The quantitative estimate of drug-likeness (QED) is 0.200. The van der Waals surface area contributed by atoms with Gasteiger partial charge in [-0.1, -0.05) is 97.1 Å². The molecule has 7 aromatic carbocycles. The minimum absolute atomic E-state index is 0.925. The Labute approximate surface area is 263 Å². The van der Waals surface area contributed by atoms with Crippen LogP contribution in [0.25, 0.3) is 91.9 Å². The van der Waals surface area contributed by atoms with Crippen LogP contribution in [0, 0.1) is 0 Å². The molecule has 0 radical (unpaired) electrons. The maximum atomic E-state index is 6.10. The first kappa shape index (κ1) is 24.8. The van der Waals surface area contributed by atoms with Gasteiger partial charge in [0.05, 0.1) is 21.4 Å². The van der Waals surface area contributed by atoms with Crippen molar-refractivity contribution < 1.29 is 4.42 Å². The lowest BCUT2D eigenvalue weighted by Crippen LogP contribution is -1.93. The first-order chi connectivity index (χ1) is 22.3. The van der Waals surface area contributed by atoms with Gasteiger partial charge in [0.1, 0.15) is 11.2 Å². The lowest BCUT2D eigenvalue weighted by molar-refractivity contribution is 0.669. The van der Waals surface area contributed by atoms with Crippen LogP contribution in [0.3, 0.4) is 0 Å². The fourth-order valence-corrected chi connectivity index (χ4v) is 8.27. The molecule has 0 unspecified atom stereocenters. The number of hydrogen-bond acceptors (Lipinski definition) is 2. The van der Waals surface area contributed by atoms with Crippen LogP contribution in [0.15, 0.2) is 156 Å². The number of aromatic nitrogens is 1. The lowest BCUT2D eigenvalue weighted by Gasteiger charge is -2.10. The third-order valence-corrected chi connectivity index (χ3v) is 10.4. The summed E-state index contributed by atoms with van der Waals surface area (Å²) in [5, 5.41) is 7.43. The van der Waals surface area contributed by atoms with Gasteiger partial charge in [0.15, 0.2) is 0 Å². The summed E-state index contributed by atoms with van der Waals surface area (Å²) in [5.74, 6) is 0. The van der Waals surface area contributed by atoms with Crippen molar-refractivity contribution in [2.75, 3.05) is 0 Å². The van der Waals surface area contributed by atoms with E-state index >= 15 is 0 Å². The van der Waals surface area contributed by atoms with E-state index in [1.807, 2.05) is 23.5 Å². The van der Waals surface area contributed by atoms with Crippen LogP contribution in [0.5, 0.6) is 0 Å². The Bertz CT molecular complexity index is 2760. The molecule has 45 heavy (non-hydrogen) atoms. The van der Waals surface area contributed by atoms with Crippen molar-refractivity contribution in [2.45, 2.75) is 0 Å². The summed E-state index contributed by atoms with van der Waals surface area (Å²) in [5.41, 5.74) is 10.4. The smallest absolute Gasteiger partial charge is 0.135 e. The Morgan fingerprint density at radius 2 is 1.04 bits per heavy atom. The number of furan rings is 1. The number of thiophene rings is 1. The SMILES string of the molecule is c1ccc(-c2ccc3c(c2)c2ccccc2n3-c2cccc3c2sc2ccc(-c4ccc5oc6ccccc6c5c4)cc23)cc1. The van der Waals surface area contributed by atoms with Crippen molar-refractivity contribution >= 4 is 75.3 Å². The minimum Gasteiger partial charge on any atom is -0.456 e. The summed E-state index contributed by atoms with van der Waals surface area (Å²) in [4.78, 5) is 0. The molecule has 0 amide bonds. The Morgan fingerprint density at radius 3 is 1.96 bits per heavy atom. The summed E-state index contributed by atoms with van der Waals surface area (Å²) < 4.78 is 11.1. The zero-order valence-corrected chi connectivity index (χ0v) is 25.0. The molecule has 0 aliphatic heterocycles. The predicted octanol–water partition coefficient (Wildman–Crippen LogP) is 12.4. The average Bonchev–Trinajstić information content (AvgIpc) is 3.77. The molecule has 0 atom stereocenters. The first-order valence-electron chi connectivity index (χ1n) is 15.3. The van der Waals surface area contributed by atoms with Crippen LogP contribution >= 0.6 is 11.3 Å². The Morgan fingerprint density at radius 1 is 0.400 bits per heavy atom. The molecule has 10 aromatic rings. The van der Waals surface area contributed by atoms with E-state index in [0.29, 0.717) is 0 Å². The highest BCUT2D eigenvalue weighted by molar-refractivity contribution is 7.26. The van der Waals surface area contributed by atoms with Gasteiger partial charge >= 0.3 is 0 Å². The van der Waals surface area contributed by atoms with Crippen LogP contribution in [0.2, 0.25) is 0 Å². The van der Waals surface area contributed by atoms with Crippen LogP contribution < -0.4 is 0 Å². The van der Waals surface area contributed by atoms with Crippen molar-refractivity contribution in [1.82, 2.24) is 4.57 Å². The van der Waals surface area contributed by atoms with Crippen molar-refractivity contribution in [3.63, 3.8) is 0 Å². The first-order valence-corrected chi connectivity index (χ1v) is 16.1. The summed E-state index contributed by atoms with van der Waals surface area (Å²) in [6.45, 7) is 0. The monoisotopic (exact) mass is 591 g/mol. The van der Waals surface area contributed by atoms with Gasteiger partial charge in [-0.2, -0.15) is 0 Å². The summed E-state index contributed by atoms with van der Waals surface area (Å²) in [6, 6.07) is 54.8. The predicted molar refractivity (Wildman–Crippen MR) is 192 cm³/mol. The van der Waals surface area contributed by atoms with Crippen molar-refractivity contribution in [1.29, 1.82) is 0 Å². The van der Waals surface area contributed by atoms with Crippen LogP contribution in [0.4, 0.5) is 0 Å². The maximum Gasteiger partial charge on any atom is 0.135 e.